The molecule has 2 aromatic rings. The second kappa shape index (κ2) is 12.2. The minimum atomic E-state index is -5.00. The van der Waals surface area contributed by atoms with E-state index in [4.69, 9.17) is 37.6 Å². The van der Waals surface area contributed by atoms with Gasteiger partial charge < -0.3 is 9.57 Å². The first-order valence-corrected chi connectivity index (χ1v) is 13.5. The fourth-order valence-corrected chi connectivity index (χ4v) is 5.13. The zero-order valence-electron chi connectivity index (χ0n) is 22.6. The van der Waals surface area contributed by atoms with Crippen LogP contribution in [0.15, 0.2) is 35.5 Å². The number of hydrogen-bond donors (Lipinski definition) is 0. The number of imide groups is 1. The van der Waals surface area contributed by atoms with Crippen molar-refractivity contribution >= 4 is 46.6 Å². The Balaban J connectivity index is 1.65. The maximum Gasteiger partial charge on any atom is 0.435 e. The standard InChI is InChI=1S/C27H25Cl2F4N3O6/c1-4-35-25(39)21(12-41-35)36(22(37)13-40-5-2)24(38)17-7-6-15(8-14(17)3)20-11-26(42-34-20,27(31,32)33)16-9-18(28)23(30)19(29)10-16/h6-10,21H,4-5,11-13H2,1-3H3/t21-,26?/m1/s1. The molecular weight excluding hydrogens is 609 g/mol. The van der Waals surface area contributed by atoms with Crippen molar-refractivity contribution in [3.05, 3.63) is 68.4 Å². The smallest absolute Gasteiger partial charge is 0.374 e. The van der Waals surface area contributed by atoms with Gasteiger partial charge in [0, 0.05) is 30.7 Å². The van der Waals surface area contributed by atoms with E-state index in [2.05, 4.69) is 5.16 Å². The van der Waals surface area contributed by atoms with E-state index in [0.717, 1.165) is 22.1 Å². The van der Waals surface area contributed by atoms with Crippen LogP contribution in [0.3, 0.4) is 0 Å². The number of benzene rings is 2. The zero-order valence-corrected chi connectivity index (χ0v) is 24.1. The number of alkyl halides is 3. The first-order valence-electron chi connectivity index (χ1n) is 12.7. The molecule has 226 valence electrons. The van der Waals surface area contributed by atoms with Crippen LogP contribution in [-0.2, 0) is 29.6 Å². The van der Waals surface area contributed by atoms with Gasteiger partial charge in [0.1, 0.15) is 19.3 Å². The topological polar surface area (TPSA) is 97.7 Å². The third kappa shape index (κ3) is 5.70. The number of rotatable bonds is 8. The Labute approximate surface area is 247 Å². The predicted octanol–water partition coefficient (Wildman–Crippen LogP) is 5.19. The summed E-state index contributed by atoms with van der Waals surface area (Å²) in [4.78, 5) is 50.4. The van der Waals surface area contributed by atoms with Gasteiger partial charge in [-0.05, 0) is 56.2 Å². The lowest BCUT2D eigenvalue weighted by molar-refractivity contribution is -0.275. The van der Waals surface area contributed by atoms with Crippen LogP contribution in [0.1, 0.15) is 47.3 Å². The molecule has 0 aliphatic carbocycles. The molecule has 0 N–H and O–H groups in total. The summed E-state index contributed by atoms with van der Waals surface area (Å²) >= 11 is 11.5. The Bertz CT molecular complexity index is 1430. The molecule has 0 bridgehead atoms. The second-order valence-electron chi connectivity index (χ2n) is 9.46. The summed E-state index contributed by atoms with van der Waals surface area (Å²) in [5.74, 6) is -3.22. The van der Waals surface area contributed by atoms with Gasteiger partial charge in [0.05, 0.1) is 15.8 Å². The summed E-state index contributed by atoms with van der Waals surface area (Å²) in [5, 5.41) is 3.48. The molecule has 2 aliphatic rings. The molecule has 0 radical (unpaired) electrons. The highest BCUT2D eigenvalue weighted by Gasteiger charge is 2.62. The van der Waals surface area contributed by atoms with E-state index in [9.17, 15) is 31.9 Å². The molecule has 3 amide bonds. The Morgan fingerprint density at radius 1 is 1.19 bits per heavy atom. The molecule has 1 saturated heterocycles. The average Bonchev–Trinajstić information content (AvgIpc) is 3.55. The number of hydrogen-bond acceptors (Lipinski definition) is 7. The van der Waals surface area contributed by atoms with E-state index in [1.165, 1.54) is 25.1 Å². The molecule has 0 spiro atoms. The van der Waals surface area contributed by atoms with Crippen LogP contribution in [0.5, 0.6) is 0 Å². The van der Waals surface area contributed by atoms with E-state index in [0.29, 0.717) is 0 Å². The van der Waals surface area contributed by atoms with Crippen LogP contribution in [0.2, 0.25) is 10.0 Å². The molecule has 1 fully saturated rings. The molecule has 0 saturated carbocycles. The third-order valence-electron chi connectivity index (χ3n) is 6.86. The van der Waals surface area contributed by atoms with Gasteiger partial charge in [0.25, 0.3) is 23.3 Å². The van der Waals surface area contributed by atoms with Crippen LogP contribution in [0, 0.1) is 12.7 Å². The minimum Gasteiger partial charge on any atom is -0.374 e. The lowest BCUT2D eigenvalue weighted by Crippen LogP contribution is -2.51. The molecule has 15 heteroatoms. The number of amides is 3. The number of ether oxygens (including phenoxy) is 1. The molecule has 2 atom stereocenters. The number of nitrogens with zero attached hydrogens (tertiary/aromatic N) is 3. The van der Waals surface area contributed by atoms with E-state index in [-0.39, 0.29) is 42.2 Å². The van der Waals surface area contributed by atoms with Gasteiger partial charge in [0.15, 0.2) is 5.82 Å². The summed E-state index contributed by atoms with van der Waals surface area (Å²) in [5.41, 5.74) is -3.16. The summed E-state index contributed by atoms with van der Waals surface area (Å²) in [6, 6.07) is 4.40. The molecular formula is C27H25Cl2F4N3O6. The second-order valence-corrected chi connectivity index (χ2v) is 10.3. The molecule has 2 aromatic carbocycles. The SMILES string of the molecule is CCOCC(=O)N(C(=O)c1ccc(C2=NOC(c3cc(Cl)c(F)c(Cl)c3)(C(F)(F)F)C2)cc1C)[C@@H]1CON(CC)C1=O. The van der Waals surface area contributed by atoms with Crippen LogP contribution < -0.4 is 0 Å². The highest BCUT2D eigenvalue weighted by molar-refractivity contribution is 6.35. The van der Waals surface area contributed by atoms with Crippen LogP contribution in [0.25, 0.3) is 0 Å². The lowest BCUT2D eigenvalue weighted by atomic mass is 9.86. The fourth-order valence-electron chi connectivity index (χ4n) is 4.64. The number of oxime groups is 1. The van der Waals surface area contributed by atoms with Crippen molar-refractivity contribution in [2.45, 2.75) is 45.0 Å². The Morgan fingerprint density at radius 3 is 2.40 bits per heavy atom. The summed E-state index contributed by atoms with van der Waals surface area (Å²) < 4.78 is 62.2. The highest BCUT2D eigenvalue weighted by Crippen LogP contribution is 2.50. The predicted molar refractivity (Wildman–Crippen MR) is 142 cm³/mol. The Kier molecular flexibility index (Phi) is 9.17. The summed E-state index contributed by atoms with van der Waals surface area (Å²) in [6.45, 7) is 4.54. The summed E-state index contributed by atoms with van der Waals surface area (Å²) in [7, 11) is 0. The van der Waals surface area contributed by atoms with E-state index in [1.807, 2.05) is 0 Å². The van der Waals surface area contributed by atoms with Crippen LogP contribution in [-0.4, -0.2) is 72.0 Å². The van der Waals surface area contributed by atoms with Gasteiger partial charge in [-0.25, -0.2) is 9.45 Å². The average molecular weight is 634 g/mol. The molecule has 2 heterocycles. The van der Waals surface area contributed by atoms with Gasteiger partial charge in [0.2, 0.25) is 0 Å². The Hall–Kier alpha value is -3.26. The number of likely N-dealkylation sites (N-methyl/N-ethyl adjacent to an activating group) is 1. The number of carbonyl (C=O) groups excluding carboxylic acids is 3. The van der Waals surface area contributed by atoms with Gasteiger partial charge in [-0.1, -0.05) is 34.4 Å². The van der Waals surface area contributed by atoms with Gasteiger partial charge in [-0.2, -0.15) is 13.2 Å². The highest BCUT2D eigenvalue weighted by atomic mass is 35.5. The monoisotopic (exact) mass is 633 g/mol. The molecule has 9 nitrogen and oxygen atoms in total. The van der Waals surface area contributed by atoms with Crippen molar-refractivity contribution in [1.82, 2.24) is 9.96 Å². The van der Waals surface area contributed by atoms with E-state index < -0.39 is 70.0 Å². The quantitative estimate of drug-likeness (QED) is 0.293. The molecule has 1 unspecified atom stereocenters. The minimum absolute atomic E-state index is 0.0186. The van der Waals surface area contributed by atoms with Crippen molar-refractivity contribution in [1.29, 1.82) is 0 Å². The van der Waals surface area contributed by atoms with Crippen molar-refractivity contribution in [2.24, 2.45) is 5.16 Å². The van der Waals surface area contributed by atoms with Crippen molar-refractivity contribution in [3.63, 3.8) is 0 Å². The maximum atomic E-state index is 14.4. The van der Waals surface area contributed by atoms with Crippen molar-refractivity contribution in [2.75, 3.05) is 26.4 Å². The zero-order chi connectivity index (χ0) is 31.0. The van der Waals surface area contributed by atoms with Gasteiger partial charge in [-0.15, -0.1) is 0 Å². The first kappa shape index (κ1) is 31.7. The van der Waals surface area contributed by atoms with Crippen molar-refractivity contribution < 1.29 is 46.4 Å². The van der Waals surface area contributed by atoms with E-state index in [1.54, 1.807) is 13.8 Å². The van der Waals surface area contributed by atoms with Gasteiger partial charge >= 0.3 is 6.18 Å². The maximum absolute atomic E-state index is 14.4. The third-order valence-corrected chi connectivity index (χ3v) is 7.41. The molecule has 42 heavy (non-hydrogen) atoms. The number of carbonyl (C=O) groups is 3. The lowest BCUT2D eigenvalue weighted by Gasteiger charge is -2.29. The van der Waals surface area contributed by atoms with Crippen LogP contribution >= 0.6 is 23.2 Å². The normalized spacial score (nSPS) is 20.5. The molecule has 4 rings (SSSR count). The molecule has 0 aromatic heterocycles. The Morgan fingerprint density at radius 2 is 1.86 bits per heavy atom. The number of halogens is 6. The van der Waals surface area contributed by atoms with Crippen molar-refractivity contribution in [3.8, 4) is 0 Å². The largest absolute Gasteiger partial charge is 0.435 e. The number of aryl methyl sites for hydroxylation is 1. The number of hydroxylamine groups is 2. The van der Waals surface area contributed by atoms with E-state index >= 15 is 0 Å². The molecule has 2 aliphatic heterocycles. The summed E-state index contributed by atoms with van der Waals surface area (Å²) in [6.07, 6.45) is -5.81. The van der Waals surface area contributed by atoms with Gasteiger partial charge in [-0.3, -0.25) is 24.1 Å². The van der Waals surface area contributed by atoms with Crippen LogP contribution in [0.4, 0.5) is 17.6 Å². The first-order chi connectivity index (χ1) is 19.8. The fraction of sp³-hybridized carbons (Fsp3) is 0.407.